The molecule has 0 saturated carbocycles. The summed E-state index contributed by atoms with van der Waals surface area (Å²) in [6.45, 7) is 2.22. The van der Waals surface area contributed by atoms with E-state index in [0.29, 0.717) is 0 Å². The molecule has 0 N–H and O–H groups in total. The zero-order valence-corrected chi connectivity index (χ0v) is 15.4. The van der Waals surface area contributed by atoms with E-state index in [4.69, 9.17) is 0 Å². The Balaban J connectivity index is 0.000000177. The van der Waals surface area contributed by atoms with Crippen LogP contribution in [0.25, 0.3) is 0 Å². The minimum absolute atomic E-state index is 0.777. The van der Waals surface area contributed by atoms with Gasteiger partial charge in [0.25, 0.3) is 0 Å². The van der Waals surface area contributed by atoms with Gasteiger partial charge in [-0.25, -0.2) is 0 Å². The fourth-order valence-corrected chi connectivity index (χ4v) is 3.36. The zero-order valence-electron chi connectivity index (χ0n) is 14.4. The maximum atomic E-state index is 4.25. The molecule has 0 spiro atoms. The van der Waals surface area contributed by atoms with E-state index in [9.17, 15) is 0 Å². The lowest BCUT2D eigenvalue weighted by molar-refractivity contribution is 0.707. The molecule has 24 heavy (non-hydrogen) atoms. The molecule has 2 aromatic carbocycles. The molecule has 1 aromatic heterocycles. The molecule has 0 fully saturated rings. The van der Waals surface area contributed by atoms with Gasteiger partial charge in [-0.15, -0.1) is 0 Å². The third-order valence-electron chi connectivity index (χ3n) is 3.60. The SMILES string of the molecule is CCCCCc1ccccn1.c1ccc(Pc2ccccc2)cc1. The van der Waals surface area contributed by atoms with Crippen LogP contribution in [0.15, 0.2) is 85.1 Å². The summed E-state index contributed by atoms with van der Waals surface area (Å²) in [6.07, 6.45) is 6.87. The normalized spacial score (nSPS) is 9.88. The quantitative estimate of drug-likeness (QED) is 0.449. The van der Waals surface area contributed by atoms with Crippen LogP contribution >= 0.6 is 8.58 Å². The summed E-state index contributed by atoms with van der Waals surface area (Å²) < 4.78 is 0. The number of aryl methyl sites for hydroxylation is 1. The largest absolute Gasteiger partial charge is 0.261 e. The highest BCUT2D eigenvalue weighted by atomic mass is 31.1. The van der Waals surface area contributed by atoms with E-state index in [2.05, 4.69) is 78.6 Å². The van der Waals surface area contributed by atoms with Crippen molar-refractivity contribution in [1.82, 2.24) is 4.98 Å². The second kappa shape index (κ2) is 11.5. The fourth-order valence-electron chi connectivity index (χ4n) is 2.31. The Morgan fingerprint density at radius 2 is 1.29 bits per heavy atom. The van der Waals surface area contributed by atoms with Crippen LogP contribution in [0.1, 0.15) is 31.9 Å². The molecule has 124 valence electrons. The topological polar surface area (TPSA) is 12.9 Å². The average Bonchev–Trinajstić information content (AvgIpc) is 2.65. The van der Waals surface area contributed by atoms with Crippen LogP contribution < -0.4 is 10.6 Å². The first-order valence-corrected chi connectivity index (χ1v) is 9.65. The molecule has 3 rings (SSSR count). The lowest BCUT2D eigenvalue weighted by Crippen LogP contribution is -2.01. The number of pyridine rings is 1. The third-order valence-corrected chi connectivity index (χ3v) is 4.84. The molecule has 0 saturated heterocycles. The van der Waals surface area contributed by atoms with Gasteiger partial charge >= 0.3 is 0 Å². The van der Waals surface area contributed by atoms with Crippen molar-refractivity contribution < 1.29 is 0 Å². The molecule has 0 atom stereocenters. The van der Waals surface area contributed by atoms with Crippen molar-refractivity contribution >= 4 is 19.2 Å². The minimum Gasteiger partial charge on any atom is -0.261 e. The van der Waals surface area contributed by atoms with Crippen molar-refractivity contribution in [2.75, 3.05) is 0 Å². The minimum atomic E-state index is 0.777. The molecule has 1 nitrogen and oxygen atoms in total. The molecule has 2 heteroatoms. The van der Waals surface area contributed by atoms with E-state index in [0.717, 1.165) is 15.0 Å². The molecule has 0 radical (unpaired) electrons. The molecule has 1 heterocycles. The van der Waals surface area contributed by atoms with Gasteiger partial charge < -0.3 is 0 Å². The van der Waals surface area contributed by atoms with Crippen LogP contribution in [0.4, 0.5) is 0 Å². The van der Waals surface area contributed by atoms with Gasteiger partial charge in [0.1, 0.15) is 0 Å². The van der Waals surface area contributed by atoms with Gasteiger partial charge in [-0.1, -0.05) is 95.1 Å². The van der Waals surface area contributed by atoms with E-state index < -0.39 is 0 Å². The van der Waals surface area contributed by atoms with E-state index in [1.807, 2.05) is 18.3 Å². The fraction of sp³-hybridized carbons (Fsp3) is 0.227. The van der Waals surface area contributed by atoms with Gasteiger partial charge in [0, 0.05) is 11.9 Å². The lowest BCUT2D eigenvalue weighted by Gasteiger charge is -2.00. The molecule has 0 aliphatic heterocycles. The van der Waals surface area contributed by atoms with Crippen molar-refractivity contribution in [2.24, 2.45) is 0 Å². The smallest absolute Gasteiger partial charge is 0.0403 e. The van der Waals surface area contributed by atoms with Gasteiger partial charge in [0.05, 0.1) is 0 Å². The molecule has 0 amide bonds. The first kappa shape index (κ1) is 18.4. The molecular weight excluding hydrogens is 309 g/mol. The van der Waals surface area contributed by atoms with Crippen molar-refractivity contribution in [1.29, 1.82) is 0 Å². The van der Waals surface area contributed by atoms with Gasteiger partial charge in [0.2, 0.25) is 0 Å². The Hall–Kier alpha value is -1.98. The summed E-state index contributed by atoms with van der Waals surface area (Å²) >= 11 is 0. The van der Waals surface area contributed by atoms with E-state index in [1.54, 1.807) is 0 Å². The lowest BCUT2D eigenvalue weighted by atomic mass is 10.1. The Morgan fingerprint density at radius 3 is 1.79 bits per heavy atom. The van der Waals surface area contributed by atoms with E-state index >= 15 is 0 Å². The summed E-state index contributed by atoms with van der Waals surface area (Å²) in [6, 6.07) is 27.3. The van der Waals surface area contributed by atoms with Crippen LogP contribution in [0.5, 0.6) is 0 Å². The van der Waals surface area contributed by atoms with Gasteiger partial charge in [-0.3, -0.25) is 4.98 Å². The maximum Gasteiger partial charge on any atom is 0.0403 e. The van der Waals surface area contributed by atoms with Crippen molar-refractivity contribution in [2.45, 2.75) is 32.6 Å². The third kappa shape index (κ3) is 7.53. The zero-order chi connectivity index (χ0) is 16.9. The number of hydrogen-bond donors (Lipinski definition) is 0. The molecule has 0 aliphatic carbocycles. The molecular formula is C22H26NP. The van der Waals surface area contributed by atoms with Crippen LogP contribution in [0.2, 0.25) is 0 Å². The Labute approximate surface area is 148 Å². The van der Waals surface area contributed by atoms with E-state index in [1.165, 1.54) is 35.6 Å². The second-order valence-electron chi connectivity index (χ2n) is 5.64. The summed E-state index contributed by atoms with van der Waals surface area (Å²) in [5.74, 6) is 0. The second-order valence-corrected chi connectivity index (χ2v) is 7.04. The summed E-state index contributed by atoms with van der Waals surface area (Å²) in [7, 11) is 0.777. The van der Waals surface area contributed by atoms with E-state index in [-0.39, 0.29) is 0 Å². The van der Waals surface area contributed by atoms with Crippen LogP contribution in [-0.2, 0) is 6.42 Å². The van der Waals surface area contributed by atoms with Crippen LogP contribution in [-0.4, -0.2) is 4.98 Å². The van der Waals surface area contributed by atoms with Crippen LogP contribution in [0.3, 0.4) is 0 Å². The van der Waals surface area contributed by atoms with Gasteiger partial charge in [-0.05, 0) is 35.6 Å². The van der Waals surface area contributed by atoms with Crippen LogP contribution in [0, 0.1) is 0 Å². The first-order chi connectivity index (χ1) is 11.9. The predicted octanol–water partition coefficient (Wildman–Crippen LogP) is 5.13. The number of rotatable bonds is 6. The number of benzene rings is 2. The monoisotopic (exact) mass is 335 g/mol. The highest BCUT2D eigenvalue weighted by Crippen LogP contribution is 2.08. The summed E-state index contributed by atoms with van der Waals surface area (Å²) in [4.78, 5) is 4.25. The number of nitrogens with zero attached hydrogens (tertiary/aromatic N) is 1. The summed E-state index contributed by atoms with van der Waals surface area (Å²) in [5, 5.41) is 2.79. The molecule has 0 unspecified atom stereocenters. The highest BCUT2D eigenvalue weighted by Gasteiger charge is 1.92. The first-order valence-electron chi connectivity index (χ1n) is 8.65. The number of hydrogen-bond acceptors (Lipinski definition) is 1. The van der Waals surface area contributed by atoms with Crippen molar-refractivity contribution in [3.8, 4) is 0 Å². The molecule has 0 aliphatic rings. The number of aromatic nitrogens is 1. The van der Waals surface area contributed by atoms with Gasteiger partial charge in [0.15, 0.2) is 0 Å². The maximum absolute atomic E-state index is 4.25. The Kier molecular flexibility index (Phi) is 8.83. The van der Waals surface area contributed by atoms with Crippen molar-refractivity contribution in [3.05, 3.63) is 90.8 Å². The molecule has 3 aromatic rings. The standard InChI is InChI=1S/C12H11P.C10H15N/c1-3-7-11(8-4-1)13-12-9-5-2-6-10-12;1-2-3-4-7-10-8-5-6-9-11-10/h1-10,13H;5-6,8-9H,2-4,7H2,1H3. The molecule has 0 bridgehead atoms. The average molecular weight is 335 g/mol. The Bertz CT molecular complexity index is 616. The van der Waals surface area contributed by atoms with Crippen molar-refractivity contribution in [3.63, 3.8) is 0 Å². The van der Waals surface area contributed by atoms with Gasteiger partial charge in [-0.2, -0.15) is 0 Å². The summed E-state index contributed by atoms with van der Waals surface area (Å²) in [5.41, 5.74) is 1.22. The number of unbranched alkanes of at least 4 members (excludes halogenated alkanes) is 2. The Morgan fingerprint density at radius 1 is 0.708 bits per heavy atom. The highest BCUT2D eigenvalue weighted by molar-refractivity contribution is 7.55. The predicted molar refractivity (Wildman–Crippen MR) is 108 cm³/mol.